The van der Waals surface area contributed by atoms with Gasteiger partial charge in [-0.1, -0.05) is 12.1 Å². The van der Waals surface area contributed by atoms with Gasteiger partial charge in [-0.25, -0.2) is 19.3 Å². The van der Waals surface area contributed by atoms with Crippen molar-refractivity contribution in [2.45, 2.75) is 44.7 Å². The fraction of sp³-hybridized carbons (Fsp3) is 0.435. The van der Waals surface area contributed by atoms with Gasteiger partial charge in [-0.05, 0) is 38.8 Å². The number of fused-ring (bicyclic) bond motifs is 1. The number of alkyl halides is 1. The van der Waals surface area contributed by atoms with E-state index in [1.807, 2.05) is 43.0 Å². The maximum Gasteiger partial charge on any atom is 0.227 e. The summed E-state index contributed by atoms with van der Waals surface area (Å²) in [6.07, 6.45) is 0.652. The molecular weight excluding hydrogens is 407 g/mol. The summed E-state index contributed by atoms with van der Waals surface area (Å²) in [5, 5.41) is 4.51. The largest absolute Gasteiger partial charge is 0.338 e. The van der Waals surface area contributed by atoms with Crippen molar-refractivity contribution in [3.63, 3.8) is 0 Å². The molecule has 3 aromatic heterocycles. The molecule has 9 heteroatoms. The summed E-state index contributed by atoms with van der Waals surface area (Å²) < 4.78 is 17.8. The number of aryl methyl sites for hydroxylation is 3. The van der Waals surface area contributed by atoms with Crippen molar-refractivity contribution >= 4 is 17.0 Å². The van der Waals surface area contributed by atoms with Crippen molar-refractivity contribution in [2.24, 2.45) is 7.05 Å². The van der Waals surface area contributed by atoms with E-state index < -0.39 is 6.17 Å². The molecule has 164 valence electrons. The first kappa shape index (κ1) is 19.3. The number of hydrogen-bond acceptors (Lipinski definition) is 6. The molecule has 0 unspecified atom stereocenters. The van der Waals surface area contributed by atoms with E-state index in [4.69, 9.17) is 15.0 Å². The lowest BCUT2D eigenvalue weighted by Crippen LogP contribution is -2.23. The molecule has 0 bridgehead atoms. The fourth-order valence-corrected chi connectivity index (χ4v) is 4.82. The van der Waals surface area contributed by atoms with E-state index in [2.05, 4.69) is 27.8 Å². The molecule has 2 fully saturated rings. The lowest BCUT2D eigenvalue weighted by Gasteiger charge is -2.17. The number of halogens is 1. The molecule has 6 rings (SSSR count). The van der Waals surface area contributed by atoms with Gasteiger partial charge < -0.3 is 9.47 Å². The topological polar surface area (TPSA) is 77.5 Å². The molecule has 0 radical (unpaired) electrons. The van der Waals surface area contributed by atoms with E-state index in [1.165, 1.54) is 0 Å². The Kier molecular flexibility index (Phi) is 4.28. The van der Waals surface area contributed by atoms with E-state index >= 15 is 0 Å². The van der Waals surface area contributed by atoms with Crippen molar-refractivity contribution < 1.29 is 4.39 Å². The van der Waals surface area contributed by atoms with Crippen molar-refractivity contribution in [1.29, 1.82) is 0 Å². The second kappa shape index (κ2) is 7.08. The Hall–Kier alpha value is -3.36. The Morgan fingerprint density at radius 2 is 1.88 bits per heavy atom. The number of nitrogens with zero attached hydrogens (tertiary/aromatic N) is 8. The third kappa shape index (κ3) is 3.14. The molecule has 1 aliphatic carbocycles. The van der Waals surface area contributed by atoms with E-state index in [-0.39, 0.29) is 5.92 Å². The molecule has 1 saturated carbocycles. The number of rotatable bonds is 4. The highest BCUT2D eigenvalue weighted by Gasteiger charge is 2.44. The van der Waals surface area contributed by atoms with Crippen LogP contribution in [-0.2, 0) is 7.05 Å². The number of benzene rings is 1. The maximum absolute atomic E-state index is 13.9. The molecule has 0 spiro atoms. The van der Waals surface area contributed by atoms with Crippen molar-refractivity contribution in [3.8, 4) is 5.82 Å². The first-order valence-corrected chi connectivity index (χ1v) is 11.1. The average Bonchev–Trinajstić information content (AvgIpc) is 3.16. The summed E-state index contributed by atoms with van der Waals surface area (Å²) in [5.41, 5.74) is 3.10. The van der Waals surface area contributed by atoms with Gasteiger partial charge >= 0.3 is 0 Å². The Morgan fingerprint density at radius 3 is 2.59 bits per heavy atom. The molecule has 2 aliphatic rings. The van der Waals surface area contributed by atoms with Gasteiger partial charge in [-0.3, -0.25) is 0 Å². The molecule has 8 nitrogen and oxygen atoms in total. The Morgan fingerprint density at radius 1 is 1.03 bits per heavy atom. The third-order valence-corrected chi connectivity index (χ3v) is 6.55. The number of para-hydroxylation sites is 2. The van der Waals surface area contributed by atoms with Gasteiger partial charge in [-0.2, -0.15) is 9.67 Å². The first-order valence-electron chi connectivity index (χ1n) is 11.1. The predicted octanol–water partition coefficient (Wildman–Crippen LogP) is 3.38. The van der Waals surface area contributed by atoms with Gasteiger partial charge in [0.25, 0.3) is 0 Å². The molecule has 4 heterocycles. The van der Waals surface area contributed by atoms with Gasteiger partial charge in [0.2, 0.25) is 5.95 Å². The third-order valence-electron chi connectivity index (χ3n) is 6.55. The highest BCUT2D eigenvalue weighted by molar-refractivity contribution is 5.76. The second-order valence-corrected chi connectivity index (χ2v) is 8.87. The summed E-state index contributed by atoms with van der Waals surface area (Å²) >= 11 is 0. The first-order chi connectivity index (χ1) is 15.5. The average molecular weight is 433 g/mol. The number of aromatic nitrogens is 7. The van der Waals surface area contributed by atoms with Gasteiger partial charge in [0.15, 0.2) is 5.82 Å². The molecule has 3 atom stereocenters. The molecule has 32 heavy (non-hydrogen) atoms. The van der Waals surface area contributed by atoms with E-state index in [0.717, 1.165) is 34.8 Å². The molecule has 1 saturated heterocycles. The fourth-order valence-electron chi connectivity index (χ4n) is 4.82. The zero-order chi connectivity index (χ0) is 22.0. The molecular formula is C23H25FN8. The predicted molar refractivity (Wildman–Crippen MR) is 119 cm³/mol. The monoisotopic (exact) mass is 432 g/mol. The number of hydrogen-bond donors (Lipinski definition) is 0. The van der Waals surface area contributed by atoms with Gasteiger partial charge in [-0.15, -0.1) is 5.10 Å². The molecule has 0 N–H and O–H groups in total. The Balaban J connectivity index is 1.39. The quantitative estimate of drug-likeness (QED) is 0.492. The molecule has 4 aromatic rings. The number of imidazole rings is 1. The lowest BCUT2D eigenvalue weighted by atomic mass is 10.2. The zero-order valence-corrected chi connectivity index (χ0v) is 18.4. The van der Waals surface area contributed by atoms with Crippen LogP contribution < -0.4 is 4.90 Å². The maximum atomic E-state index is 13.9. The van der Waals surface area contributed by atoms with E-state index in [1.54, 1.807) is 4.68 Å². The Bertz CT molecular complexity index is 1330. The normalized spacial score (nSPS) is 22.8. The summed E-state index contributed by atoms with van der Waals surface area (Å²) in [4.78, 5) is 20.9. The van der Waals surface area contributed by atoms with Crippen LogP contribution in [0.3, 0.4) is 0 Å². The van der Waals surface area contributed by atoms with Crippen LogP contribution in [0, 0.1) is 13.8 Å². The van der Waals surface area contributed by atoms with Crippen LogP contribution in [0.25, 0.3) is 16.9 Å². The molecule has 1 aliphatic heterocycles. The minimum Gasteiger partial charge on any atom is -0.338 e. The van der Waals surface area contributed by atoms with E-state index in [0.29, 0.717) is 43.0 Å². The highest BCUT2D eigenvalue weighted by atomic mass is 19.1. The van der Waals surface area contributed by atoms with Crippen LogP contribution in [0.15, 0.2) is 30.3 Å². The molecule has 1 aromatic carbocycles. The highest BCUT2D eigenvalue weighted by Crippen LogP contribution is 2.54. The summed E-state index contributed by atoms with van der Waals surface area (Å²) in [6.45, 7) is 4.73. The van der Waals surface area contributed by atoms with Gasteiger partial charge in [0.1, 0.15) is 23.6 Å². The van der Waals surface area contributed by atoms with Crippen LogP contribution in [0.1, 0.15) is 47.8 Å². The minimum atomic E-state index is -0.838. The van der Waals surface area contributed by atoms with Crippen molar-refractivity contribution in [2.75, 3.05) is 18.0 Å². The Labute approximate surface area is 185 Å². The smallest absolute Gasteiger partial charge is 0.227 e. The summed E-state index contributed by atoms with van der Waals surface area (Å²) in [6, 6.07) is 10.2. The molecule has 0 amide bonds. The standard InChI is InChI=1S/C23H25FN8/c1-13-25-14(2)32(29-13)21-11-19(27-23(28-21)31-9-8-15(24)12-31)16-10-17(16)22-26-18-6-4-5-7-20(18)30(22)3/h4-7,11,15-17H,8-10,12H2,1-3H3/t15-,16-,17-/m1/s1. The van der Waals surface area contributed by atoms with Crippen LogP contribution in [0.2, 0.25) is 0 Å². The van der Waals surface area contributed by atoms with Gasteiger partial charge in [0, 0.05) is 31.5 Å². The zero-order valence-electron chi connectivity index (χ0n) is 18.4. The number of anilines is 1. The summed E-state index contributed by atoms with van der Waals surface area (Å²) in [5.74, 6) is 4.34. The van der Waals surface area contributed by atoms with Crippen LogP contribution in [0.4, 0.5) is 10.3 Å². The minimum absolute atomic E-state index is 0.250. The van der Waals surface area contributed by atoms with Crippen molar-refractivity contribution in [1.82, 2.24) is 34.3 Å². The van der Waals surface area contributed by atoms with Crippen LogP contribution in [0.5, 0.6) is 0 Å². The van der Waals surface area contributed by atoms with Crippen LogP contribution in [-0.4, -0.2) is 53.5 Å². The second-order valence-electron chi connectivity index (χ2n) is 8.87. The van der Waals surface area contributed by atoms with Gasteiger partial charge in [0.05, 0.1) is 23.3 Å². The SMILES string of the molecule is Cc1nc(C)n(-c2cc([C@@H]3C[C@H]3c3nc4ccccc4n3C)nc(N3CC[C@@H](F)C3)n2)n1. The van der Waals surface area contributed by atoms with Crippen LogP contribution >= 0.6 is 0 Å². The van der Waals surface area contributed by atoms with E-state index in [9.17, 15) is 4.39 Å². The van der Waals surface area contributed by atoms with Crippen molar-refractivity contribution in [3.05, 3.63) is 53.5 Å². The summed E-state index contributed by atoms with van der Waals surface area (Å²) in [7, 11) is 2.07. The lowest BCUT2D eigenvalue weighted by molar-refractivity contribution is 0.364.